The predicted octanol–water partition coefficient (Wildman–Crippen LogP) is 3.07. The highest BCUT2D eigenvalue weighted by Gasteiger charge is 2.26. The van der Waals surface area contributed by atoms with Crippen molar-refractivity contribution in [3.05, 3.63) is 29.8 Å². The summed E-state index contributed by atoms with van der Waals surface area (Å²) >= 11 is 0. The van der Waals surface area contributed by atoms with Crippen molar-refractivity contribution in [3.63, 3.8) is 0 Å². The van der Waals surface area contributed by atoms with E-state index in [0.717, 1.165) is 12.6 Å². The number of para-hydroxylation sites is 1. The Kier molecular flexibility index (Phi) is 3.06. The van der Waals surface area contributed by atoms with Gasteiger partial charge in [0.1, 0.15) is 0 Å². The molecule has 0 spiro atoms. The van der Waals surface area contributed by atoms with Gasteiger partial charge in [0.2, 0.25) is 0 Å². The number of nitrogens with one attached hydrogen (secondary N) is 1. The Bertz CT molecular complexity index is 382. The van der Waals surface area contributed by atoms with Crippen molar-refractivity contribution in [1.29, 1.82) is 0 Å². The van der Waals surface area contributed by atoms with E-state index in [0.29, 0.717) is 5.92 Å². The Balaban J connectivity index is 1.66. The molecule has 0 radical (unpaired) electrons. The molecule has 1 saturated carbocycles. The van der Waals surface area contributed by atoms with E-state index in [2.05, 4.69) is 41.5 Å². The molecule has 3 rings (SSSR count). The second-order valence-corrected chi connectivity index (χ2v) is 5.54. The lowest BCUT2D eigenvalue weighted by Crippen LogP contribution is -2.33. The van der Waals surface area contributed by atoms with Crippen molar-refractivity contribution in [3.8, 4) is 0 Å². The lowest BCUT2D eigenvalue weighted by Gasteiger charge is -2.27. The third-order valence-electron chi connectivity index (χ3n) is 4.40. The zero-order valence-corrected chi connectivity index (χ0v) is 10.7. The van der Waals surface area contributed by atoms with Crippen molar-refractivity contribution >= 4 is 5.69 Å². The molecule has 2 aliphatic rings. The van der Waals surface area contributed by atoms with Gasteiger partial charge in [-0.25, -0.2) is 0 Å². The minimum atomic E-state index is 0.678. The van der Waals surface area contributed by atoms with Crippen LogP contribution in [0.5, 0.6) is 0 Å². The Morgan fingerprint density at radius 1 is 1.24 bits per heavy atom. The summed E-state index contributed by atoms with van der Waals surface area (Å²) in [4.78, 5) is 2.58. The lowest BCUT2D eigenvalue weighted by molar-refractivity contribution is 0.234. The summed E-state index contributed by atoms with van der Waals surface area (Å²) in [6.07, 6.45) is 5.65. The van der Waals surface area contributed by atoms with E-state index in [1.165, 1.54) is 43.5 Å². The van der Waals surface area contributed by atoms with E-state index in [4.69, 9.17) is 0 Å². The zero-order valence-electron chi connectivity index (χ0n) is 10.7. The van der Waals surface area contributed by atoms with Gasteiger partial charge in [-0.05, 0) is 31.5 Å². The van der Waals surface area contributed by atoms with Crippen molar-refractivity contribution in [2.24, 2.45) is 0 Å². The van der Waals surface area contributed by atoms with Crippen LogP contribution in [0.2, 0.25) is 0 Å². The fourth-order valence-electron chi connectivity index (χ4n) is 3.36. The number of benzene rings is 1. The summed E-state index contributed by atoms with van der Waals surface area (Å²) in [7, 11) is 2.30. The average molecular weight is 230 g/mol. The van der Waals surface area contributed by atoms with Crippen LogP contribution in [0.4, 0.5) is 5.69 Å². The summed E-state index contributed by atoms with van der Waals surface area (Å²) in [6, 6.07) is 9.60. The number of rotatable bonds is 3. The molecule has 0 amide bonds. The zero-order chi connectivity index (χ0) is 11.7. The van der Waals surface area contributed by atoms with Gasteiger partial charge in [-0.15, -0.1) is 0 Å². The van der Waals surface area contributed by atoms with Gasteiger partial charge in [-0.1, -0.05) is 31.0 Å². The standard InChI is InChI=1S/C15H22N2/c1-17(13-6-2-3-7-13)11-12-10-16-15-9-5-4-8-14(12)15/h4-5,8-9,12-13,16H,2-3,6-7,10-11H2,1H3. The molecule has 1 heterocycles. The minimum Gasteiger partial charge on any atom is -0.384 e. The van der Waals surface area contributed by atoms with Gasteiger partial charge in [0.15, 0.2) is 0 Å². The molecular formula is C15H22N2. The molecular weight excluding hydrogens is 208 g/mol. The first-order valence-corrected chi connectivity index (χ1v) is 6.87. The number of hydrogen-bond acceptors (Lipinski definition) is 2. The average Bonchev–Trinajstić information content (AvgIpc) is 2.98. The number of anilines is 1. The van der Waals surface area contributed by atoms with Crippen molar-refractivity contribution in [2.75, 3.05) is 25.5 Å². The number of fused-ring (bicyclic) bond motifs is 1. The lowest BCUT2D eigenvalue weighted by atomic mass is 10.00. The largest absolute Gasteiger partial charge is 0.384 e. The molecule has 2 heteroatoms. The van der Waals surface area contributed by atoms with Gasteiger partial charge in [0.25, 0.3) is 0 Å². The van der Waals surface area contributed by atoms with E-state index in [-0.39, 0.29) is 0 Å². The summed E-state index contributed by atoms with van der Waals surface area (Å²) < 4.78 is 0. The van der Waals surface area contributed by atoms with Gasteiger partial charge >= 0.3 is 0 Å². The highest BCUT2D eigenvalue weighted by molar-refractivity contribution is 5.57. The molecule has 1 aliphatic heterocycles. The van der Waals surface area contributed by atoms with Crippen molar-refractivity contribution in [1.82, 2.24) is 4.90 Å². The smallest absolute Gasteiger partial charge is 0.0376 e. The van der Waals surface area contributed by atoms with Crippen LogP contribution in [0.25, 0.3) is 0 Å². The van der Waals surface area contributed by atoms with E-state index in [1.54, 1.807) is 0 Å². The first-order chi connectivity index (χ1) is 8.34. The number of likely N-dealkylation sites (N-methyl/N-ethyl adjacent to an activating group) is 1. The molecule has 1 aromatic rings. The SMILES string of the molecule is CN(CC1CNc2ccccc21)C1CCCC1. The predicted molar refractivity (Wildman–Crippen MR) is 72.6 cm³/mol. The van der Waals surface area contributed by atoms with Crippen molar-refractivity contribution < 1.29 is 0 Å². The van der Waals surface area contributed by atoms with Crippen LogP contribution < -0.4 is 5.32 Å². The fourth-order valence-corrected chi connectivity index (χ4v) is 3.36. The van der Waals surface area contributed by atoms with Gasteiger partial charge in [0, 0.05) is 30.7 Å². The normalized spacial score (nSPS) is 24.0. The summed E-state index contributed by atoms with van der Waals surface area (Å²) in [5, 5.41) is 3.52. The molecule has 0 bridgehead atoms. The van der Waals surface area contributed by atoms with Gasteiger partial charge in [-0.3, -0.25) is 0 Å². The van der Waals surface area contributed by atoms with E-state index >= 15 is 0 Å². The monoisotopic (exact) mass is 230 g/mol. The van der Waals surface area contributed by atoms with Crippen LogP contribution in [-0.2, 0) is 0 Å². The van der Waals surface area contributed by atoms with Crippen LogP contribution in [0.15, 0.2) is 24.3 Å². The summed E-state index contributed by atoms with van der Waals surface area (Å²) in [5.74, 6) is 0.678. The maximum absolute atomic E-state index is 3.52. The van der Waals surface area contributed by atoms with Crippen LogP contribution in [0.3, 0.4) is 0 Å². The second kappa shape index (κ2) is 4.69. The van der Waals surface area contributed by atoms with Crippen LogP contribution >= 0.6 is 0 Å². The van der Waals surface area contributed by atoms with Gasteiger partial charge in [-0.2, -0.15) is 0 Å². The van der Waals surface area contributed by atoms with Crippen LogP contribution in [0.1, 0.15) is 37.2 Å². The minimum absolute atomic E-state index is 0.678. The van der Waals surface area contributed by atoms with Crippen LogP contribution in [0, 0.1) is 0 Å². The molecule has 92 valence electrons. The number of hydrogen-bond donors (Lipinski definition) is 1. The van der Waals surface area contributed by atoms with E-state index in [9.17, 15) is 0 Å². The van der Waals surface area contributed by atoms with Gasteiger partial charge in [0.05, 0.1) is 0 Å². The molecule has 17 heavy (non-hydrogen) atoms. The molecule has 0 saturated heterocycles. The quantitative estimate of drug-likeness (QED) is 0.858. The molecule has 1 unspecified atom stereocenters. The molecule has 1 atom stereocenters. The van der Waals surface area contributed by atoms with E-state index in [1.807, 2.05) is 0 Å². The maximum Gasteiger partial charge on any atom is 0.0376 e. The first-order valence-electron chi connectivity index (χ1n) is 6.87. The first kappa shape index (κ1) is 11.1. The molecule has 1 fully saturated rings. The highest BCUT2D eigenvalue weighted by Crippen LogP contribution is 2.32. The Morgan fingerprint density at radius 3 is 2.82 bits per heavy atom. The van der Waals surface area contributed by atoms with Gasteiger partial charge < -0.3 is 10.2 Å². The Hall–Kier alpha value is -1.02. The molecule has 1 aliphatic carbocycles. The summed E-state index contributed by atoms with van der Waals surface area (Å²) in [5.41, 5.74) is 2.86. The Morgan fingerprint density at radius 2 is 2.00 bits per heavy atom. The topological polar surface area (TPSA) is 15.3 Å². The highest BCUT2D eigenvalue weighted by atomic mass is 15.1. The fraction of sp³-hybridized carbons (Fsp3) is 0.600. The van der Waals surface area contributed by atoms with Crippen molar-refractivity contribution in [2.45, 2.75) is 37.6 Å². The van der Waals surface area contributed by atoms with E-state index < -0.39 is 0 Å². The molecule has 1 aromatic carbocycles. The second-order valence-electron chi connectivity index (χ2n) is 5.54. The maximum atomic E-state index is 3.52. The third-order valence-corrected chi connectivity index (χ3v) is 4.40. The molecule has 1 N–H and O–H groups in total. The van der Waals surface area contributed by atoms with Crippen LogP contribution in [-0.4, -0.2) is 31.1 Å². The number of nitrogens with zero attached hydrogens (tertiary/aromatic N) is 1. The molecule has 0 aromatic heterocycles. The summed E-state index contributed by atoms with van der Waals surface area (Å²) in [6.45, 7) is 2.31. The molecule has 2 nitrogen and oxygen atoms in total. The Labute approximate surface area is 104 Å². The third kappa shape index (κ3) is 2.19.